The van der Waals surface area contributed by atoms with Crippen LogP contribution >= 0.6 is 0 Å². The van der Waals surface area contributed by atoms with Gasteiger partial charge in [-0.05, 0) is 69.9 Å². The SMILES string of the molecule is CC(C)n1cc(F)c([SH](N)(=O)NC(=O)Nc2c3c(nc4c2CCC42CC2)CCC3)n1. The van der Waals surface area contributed by atoms with Gasteiger partial charge in [-0.2, -0.15) is 5.10 Å². The minimum Gasteiger partial charge on any atom is -0.307 e. The predicted molar refractivity (Wildman–Crippen MR) is 112 cm³/mol. The first kappa shape index (κ1) is 19.6. The molecule has 5 rings (SSSR count). The molecule has 0 aliphatic heterocycles. The first-order valence-electron chi connectivity index (χ1n) is 10.5. The highest BCUT2D eigenvalue weighted by Gasteiger charge is 2.51. The van der Waals surface area contributed by atoms with Gasteiger partial charge in [0.05, 0.1) is 27.9 Å². The first-order valence-corrected chi connectivity index (χ1v) is 12.3. The quantitative estimate of drug-likeness (QED) is 0.553. The van der Waals surface area contributed by atoms with Gasteiger partial charge in [-0.15, -0.1) is 0 Å². The molecule has 0 aromatic carbocycles. The van der Waals surface area contributed by atoms with Crippen LogP contribution in [0.4, 0.5) is 14.9 Å². The van der Waals surface area contributed by atoms with Crippen molar-refractivity contribution in [1.82, 2.24) is 19.5 Å². The highest BCUT2D eigenvalue weighted by molar-refractivity contribution is 7.99. The smallest absolute Gasteiger partial charge is 0.307 e. The molecule has 0 saturated heterocycles. The van der Waals surface area contributed by atoms with Gasteiger partial charge in [0.1, 0.15) is 0 Å². The van der Waals surface area contributed by atoms with Crippen molar-refractivity contribution < 1.29 is 13.4 Å². The van der Waals surface area contributed by atoms with Crippen molar-refractivity contribution in [1.29, 1.82) is 0 Å². The van der Waals surface area contributed by atoms with Crippen molar-refractivity contribution in [2.45, 2.75) is 75.3 Å². The van der Waals surface area contributed by atoms with E-state index in [-0.39, 0.29) is 11.5 Å². The lowest BCUT2D eigenvalue weighted by Crippen LogP contribution is -2.46. The molecular weight excluding hydrogens is 407 g/mol. The number of thiol groups is 1. The average Bonchev–Trinajstić information content (AvgIpc) is 3.00. The number of nitrogens with two attached hydrogens (primary N) is 1. The van der Waals surface area contributed by atoms with Gasteiger partial charge in [0, 0.05) is 17.2 Å². The number of carbonyl (C=O) groups excluding carboxylic acids is 1. The summed E-state index contributed by atoms with van der Waals surface area (Å²) in [6.45, 7) is 3.63. The third-order valence-corrected chi connectivity index (χ3v) is 8.02. The Morgan fingerprint density at radius 1 is 1.27 bits per heavy atom. The highest BCUT2D eigenvalue weighted by atomic mass is 32.3. The van der Waals surface area contributed by atoms with Gasteiger partial charge in [0.2, 0.25) is 0 Å². The summed E-state index contributed by atoms with van der Waals surface area (Å²) < 4.78 is 30.8. The number of hydrogen-bond acceptors (Lipinski definition) is 4. The zero-order valence-electron chi connectivity index (χ0n) is 17.2. The molecule has 8 nitrogen and oxygen atoms in total. The molecule has 4 N–H and O–H groups in total. The summed E-state index contributed by atoms with van der Waals surface area (Å²) in [6.07, 6.45) is 8.12. The van der Waals surface area contributed by atoms with Gasteiger partial charge in [0.15, 0.2) is 10.8 Å². The highest BCUT2D eigenvalue weighted by Crippen LogP contribution is 2.58. The number of nitrogens with one attached hydrogen (secondary N) is 2. The number of aryl methyl sites for hydroxylation is 1. The topological polar surface area (TPSA) is 115 Å². The fraction of sp³-hybridized carbons (Fsp3) is 0.550. The van der Waals surface area contributed by atoms with E-state index in [1.165, 1.54) is 4.68 Å². The molecule has 3 aliphatic rings. The van der Waals surface area contributed by atoms with Crippen LogP contribution in [0.2, 0.25) is 0 Å². The number of aromatic nitrogens is 3. The van der Waals surface area contributed by atoms with Crippen LogP contribution in [0.5, 0.6) is 0 Å². The molecule has 2 aromatic rings. The van der Waals surface area contributed by atoms with E-state index in [9.17, 15) is 13.4 Å². The molecule has 1 fully saturated rings. The number of pyridine rings is 1. The molecule has 1 spiro atoms. The number of urea groups is 1. The Labute approximate surface area is 175 Å². The summed E-state index contributed by atoms with van der Waals surface area (Å²) >= 11 is 0. The molecule has 2 heterocycles. The Kier molecular flexibility index (Phi) is 4.31. The van der Waals surface area contributed by atoms with E-state index in [4.69, 9.17) is 10.1 Å². The Balaban J connectivity index is 1.42. The maximum Gasteiger partial charge on any atom is 0.330 e. The lowest BCUT2D eigenvalue weighted by molar-refractivity contribution is 0.256. The molecule has 162 valence electrons. The zero-order valence-corrected chi connectivity index (χ0v) is 18.1. The second kappa shape index (κ2) is 6.58. The lowest BCUT2D eigenvalue weighted by Gasteiger charge is -2.21. The molecule has 30 heavy (non-hydrogen) atoms. The molecule has 0 atom stereocenters. The van der Waals surface area contributed by atoms with Crippen molar-refractivity contribution >= 4 is 22.0 Å². The second-order valence-corrected chi connectivity index (χ2v) is 10.9. The number of halogens is 1. The minimum atomic E-state index is -4.03. The second-order valence-electron chi connectivity index (χ2n) is 8.97. The van der Waals surface area contributed by atoms with E-state index < -0.39 is 27.2 Å². The lowest BCUT2D eigenvalue weighted by atomic mass is 10.0. The van der Waals surface area contributed by atoms with Crippen molar-refractivity contribution in [2.24, 2.45) is 5.14 Å². The van der Waals surface area contributed by atoms with E-state index in [1.807, 2.05) is 13.8 Å². The largest absolute Gasteiger partial charge is 0.330 e. The van der Waals surface area contributed by atoms with E-state index in [1.54, 1.807) is 0 Å². The summed E-state index contributed by atoms with van der Waals surface area (Å²) in [4.78, 5) is 17.7. The Morgan fingerprint density at radius 2 is 2.03 bits per heavy atom. The molecule has 1 saturated carbocycles. The van der Waals surface area contributed by atoms with Gasteiger partial charge in [-0.3, -0.25) is 19.5 Å². The molecule has 10 heteroatoms. The molecule has 2 amide bonds. The van der Waals surface area contributed by atoms with Gasteiger partial charge in [-0.25, -0.2) is 13.4 Å². The molecule has 0 bridgehead atoms. The zero-order chi connectivity index (χ0) is 21.3. The van der Waals surface area contributed by atoms with Crippen LogP contribution in [-0.2, 0) is 35.0 Å². The summed E-state index contributed by atoms with van der Waals surface area (Å²) in [5, 5.41) is 12.3. The molecule has 2 aromatic heterocycles. The number of rotatable bonds is 4. The van der Waals surface area contributed by atoms with Crippen LogP contribution in [0.3, 0.4) is 0 Å². The summed E-state index contributed by atoms with van der Waals surface area (Å²) in [5.41, 5.74) is 5.29. The monoisotopic (exact) mass is 434 g/mol. The van der Waals surface area contributed by atoms with E-state index >= 15 is 0 Å². The molecule has 0 unspecified atom stereocenters. The van der Waals surface area contributed by atoms with E-state index in [0.29, 0.717) is 0 Å². The average molecular weight is 435 g/mol. The normalized spacial score (nSPS) is 19.1. The maximum absolute atomic E-state index is 14.3. The van der Waals surface area contributed by atoms with Crippen molar-refractivity contribution in [3.05, 3.63) is 34.5 Å². The maximum atomic E-state index is 14.3. The Bertz CT molecular complexity index is 1110. The standard InChI is InChI=1S/C20H27FN6O2S/c1-11(2)27-10-14(21)18(25-27)30(22,29)26-19(28)24-16-12-4-3-5-15(12)23-17-13(16)6-7-20(17)8-9-20/h10-11,30H,3-9H2,1-2H3,(H4,22,23,24,26,28,29). The summed E-state index contributed by atoms with van der Waals surface area (Å²) in [5.74, 6) is -0.795. The van der Waals surface area contributed by atoms with Gasteiger partial charge < -0.3 is 5.32 Å². The van der Waals surface area contributed by atoms with Crippen molar-refractivity contribution in [2.75, 3.05) is 5.32 Å². The van der Waals surface area contributed by atoms with Crippen LogP contribution in [0.1, 0.15) is 68.1 Å². The first-order chi connectivity index (χ1) is 14.2. The number of amides is 2. The van der Waals surface area contributed by atoms with E-state index in [0.717, 1.165) is 79.3 Å². The number of nitrogens with zero attached hydrogens (tertiary/aromatic N) is 3. The Hall–Kier alpha value is -2.33. The van der Waals surface area contributed by atoms with Crippen LogP contribution in [-0.4, -0.2) is 25.0 Å². The van der Waals surface area contributed by atoms with Gasteiger partial charge in [0.25, 0.3) is 0 Å². The van der Waals surface area contributed by atoms with Crippen molar-refractivity contribution in [3.8, 4) is 0 Å². The van der Waals surface area contributed by atoms with Gasteiger partial charge in [-0.1, -0.05) is 0 Å². The Morgan fingerprint density at radius 3 is 2.70 bits per heavy atom. The van der Waals surface area contributed by atoms with Crippen LogP contribution in [0, 0.1) is 5.82 Å². The summed E-state index contributed by atoms with van der Waals surface area (Å²) in [6, 6.07) is -0.836. The third-order valence-electron chi connectivity index (χ3n) is 6.55. The van der Waals surface area contributed by atoms with Crippen molar-refractivity contribution in [3.63, 3.8) is 0 Å². The fourth-order valence-electron chi connectivity index (χ4n) is 4.77. The number of hydrogen-bond donors (Lipinski definition) is 4. The molecule has 3 aliphatic carbocycles. The van der Waals surface area contributed by atoms with Crippen LogP contribution in [0.25, 0.3) is 0 Å². The van der Waals surface area contributed by atoms with Crippen LogP contribution < -0.4 is 15.2 Å². The minimum absolute atomic E-state index is 0.126. The summed E-state index contributed by atoms with van der Waals surface area (Å²) in [7, 11) is -4.03. The van der Waals surface area contributed by atoms with E-state index in [2.05, 4.69) is 15.1 Å². The fourth-order valence-corrected chi connectivity index (χ4v) is 5.85. The molecular formula is C20H27FN6O2S. The number of carbonyl (C=O) groups is 1. The molecule has 0 radical (unpaired) electrons. The number of fused-ring (bicyclic) bond motifs is 3. The van der Waals surface area contributed by atoms with Crippen LogP contribution in [0.15, 0.2) is 11.2 Å². The number of anilines is 1. The third kappa shape index (κ3) is 3.04. The van der Waals surface area contributed by atoms with Gasteiger partial charge >= 0.3 is 6.03 Å². The predicted octanol–water partition coefficient (Wildman–Crippen LogP) is 2.45.